The molecule has 0 aliphatic heterocycles. The molecule has 2 atom stereocenters. The molecular weight excluding hydrogens is 236 g/mol. The molecule has 0 aromatic rings. The lowest BCUT2D eigenvalue weighted by atomic mass is 9.76. The Balaban J connectivity index is 2.76. The van der Waals surface area contributed by atoms with Crippen LogP contribution in [0.25, 0.3) is 0 Å². The van der Waals surface area contributed by atoms with Crippen LogP contribution in [0.3, 0.4) is 0 Å². The number of nitrogens with zero attached hydrogens (tertiary/aromatic N) is 1. The summed E-state index contributed by atoms with van der Waals surface area (Å²) >= 11 is 0. The first-order chi connectivity index (χ1) is 9.00. The monoisotopic (exact) mass is 264 g/mol. The van der Waals surface area contributed by atoms with Crippen molar-refractivity contribution < 1.29 is 4.79 Å². The smallest absolute Gasteiger partial charge is 0.240 e. The fourth-order valence-corrected chi connectivity index (χ4v) is 3.22. The van der Waals surface area contributed by atoms with E-state index in [1.165, 1.54) is 19.3 Å². The number of nitriles is 1. The van der Waals surface area contributed by atoms with E-state index in [0.717, 1.165) is 6.42 Å². The van der Waals surface area contributed by atoms with Gasteiger partial charge in [0, 0.05) is 6.04 Å². The van der Waals surface area contributed by atoms with E-state index in [2.05, 4.69) is 25.2 Å². The van der Waals surface area contributed by atoms with Crippen LogP contribution >= 0.6 is 0 Å². The van der Waals surface area contributed by atoms with Gasteiger partial charge < -0.3 is 5.32 Å². The van der Waals surface area contributed by atoms with Gasteiger partial charge in [-0.2, -0.15) is 5.26 Å². The largest absolute Gasteiger partial charge is 0.352 e. The van der Waals surface area contributed by atoms with Gasteiger partial charge in [0.15, 0.2) is 0 Å². The first kappa shape index (κ1) is 16.0. The Morgan fingerprint density at radius 3 is 2.37 bits per heavy atom. The SMILES string of the molecule is CCC(C#N)(CC)C(=O)NC1CCCCC1C(C)C. The highest BCUT2D eigenvalue weighted by molar-refractivity contribution is 5.85. The molecule has 0 aromatic heterocycles. The van der Waals surface area contributed by atoms with E-state index in [-0.39, 0.29) is 11.9 Å². The van der Waals surface area contributed by atoms with Crippen LogP contribution in [0.15, 0.2) is 0 Å². The number of amides is 1. The molecule has 1 aliphatic rings. The van der Waals surface area contributed by atoms with E-state index in [9.17, 15) is 10.1 Å². The van der Waals surface area contributed by atoms with Crippen molar-refractivity contribution in [1.29, 1.82) is 5.26 Å². The number of nitrogens with one attached hydrogen (secondary N) is 1. The zero-order chi connectivity index (χ0) is 14.5. The third-order valence-corrected chi connectivity index (χ3v) is 4.85. The Hall–Kier alpha value is -1.04. The average Bonchev–Trinajstić information content (AvgIpc) is 2.41. The van der Waals surface area contributed by atoms with Gasteiger partial charge in [-0.1, -0.05) is 40.5 Å². The minimum Gasteiger partial charge on any atom is -0.352 e. The van der Waals surface area contributed by atoms with Crippen LogP contribution in [-0.2, 0) is 4.79 Å². The lowest BCUT2D eigenvalue weighted by molar-refractivity contribution is -0.130. The van der Waals surface area contributed by atoms with E-state index < -0.39 is 5.41 Å². The molecule has 2 unspecified atom stereocenters. The minimum absolute atomic E-state index is 0.0578. The molecule has 3 nitrogen and oxygen atoms in total. The van der Waals surface area contributed by atoms with Crippen molar-refractivity contribution in [3.8, 4) is 6.07 Å². The molecule has 0 saturated heterocycles. The summed E-state index contributed by atoms with van der Waals surface area (Å²) in [7, 11) is 0. The highest BCUT2D eigenvalue weighted by Crippen LogP contribution is 2.32. The number of rotatable bonds is 5. The van der Waals surface area contributed by atoms with Gasteiger partial charge in [0.25, 0.3) is 0 Å². The number of hydrogen-bond acceptors (Lipinski definition) is 2. The second kappa shape index (κ2) is 6.93. The standard InChI is InChI=1S/C16H28N2O/c1-5-16(6-2,11-17)15(19)18-14-10-8-7-9-13(14)12(3)4/h12-14H,5-10H2,1-4H3,(H,18,19). The summed E-state index contributed by atoms with van der Waals surface area (Å²) in [6.07, 6.45) is 5.88. The molecule has 1 aliphatic carbocycles. The Labute approximate surface area is 117 Å². The van der Waals surface area contributed by atoms with E-state index in [1.54, 1.807) is 0 Å². The predicted molar refractivity (Wildman–Crippen MR) is 77.4 cm³/mol. The topological polar surface area (TPSA) is 52.9 Å². The first-order valence-electron chi connectivity index (χ1n) is 7.73. The molecular formula is C16H28N2O. The van der Waals surface area contributed by atoms with Crippen LogP contribution in [0, 0.1) is 28.6 Å². The van der Waals surface area contributed by atoms with Gasteiger partial charge in [-0.3, -0.25) is 4.79 Å². The molecule has 3 heteroatoms. The molecule has 1 saturated carbocycles. The average molecular weight is 264 g/mol. The van der Waals surface area contributed by atoms with Crippen molar-refractivity contribution in [2.75, 3.05) is 0 Å². The molecule has 19 heavy (non-hydrogen) atoms. The van der Waals surface area contributed by atoms with Gasteiger partial charge >= 0.3 is 0 Å². The Morgan fingerprint density at radius 2 is 1.89 bits per heavy atom. The van der Waals surface area contributed by atoms with Gasteiger partial charge in [0.1, 0.15) is 5.41 Å². The maximum Gasteiger partial charge on any atom is 0.240 e. The Kier molecular flexibility index (Phi) is 5.85. The summed E-state index contributed by atoms with van der Waals surface area (Å²) in [5.41, 5.74) is -0.834. The summed E-state index contributed by atoms with van der Waals surface area (Å²) in [5, 5.41) is 12.5. The van der Waals surface area contributed by atoms with Gasteiger partial charge in [0.05, 0.1) is 6.07 Å². The lowest BCUT2D eigenvalue weighted by Gasteiger charge is -2.36. The third-order valence-electron chi connectivity index (χ3n) is 4.85. The zero-order valence-corrected chi connectivity index (χ0v) is 12.8. The van der Waals surface area contributed by atoms with Crippen molar-refractivity contribution in [3.05, 3.63) is 0 Å². The summed E-state index contributed by atoms with van der Waals surface area (Å²) in [6.45, 7) is 8.30. The second-order valence-corrected chi connectivity index (χ2v) is 6.17. The van der Waals surface area contributed by atoms with Crippen molar-refractivity contribution in [2.45, 2.75) is 72.3 Å². The van der Waals surface area contributed by atoms with Gasteiger partial charge in [-0.25, -0.2) is 0 Å². The fourth-order valence-electron chi connectivity index (χ4n) is 3.22. The number of carbonyl (C=O) groups excluding carboxylic acids is 1. The van der Waals surface area contributed by atoms with E-state index in [1.807, 2.05) is 13.8 Å². The van der Waals surface area contributed by atoms with Crippen molar-refractivity contribution >= 4 is 5.91 Å². The number of carbonyl (C=O) groups is 1. The van der Waals surface area contributed by atoms with Crippen LogP contribution in [0.4, 0.5) is 0 Å². The maximum atomic E-state index is 12.5. The molecule has 0 bridgehead atoms. The summed E-state index contributed by atoms with van der Waals surface area (Å²) in [4.78, 5) is 12.5. The molecule has 1 rings (SSSR count). The molecule has 0 heterocycles. The van der Waals surface area contributed by atoms with E-state index in [0.29, 0.717) is 24.7 Å². The van der Waals surface area contributed by atoms with Crippen LogP contribution in [0.5, 0.6) is 0 Å². The van der Waals surface area contributed by atoms with Crippen molar-refractivity contribution in [2.24, 2.45) is 17.3 Å². The Bertz CT molecular complexity index is 339. The molecule has 0 radical (unpaired) electrons. The predicted octanol–water partition coefficient (Wildman–Crippen LogP) is 3.65. The molecule has 108 valence electrons. The second-order valence-electron chi connectivity index (χ2n) is 6.17. The highest BCUT2D eigenvalue weighted by atomic mass is 16.2. The van der Waals surface area contributed by atoms with E-state index in [4.69, 9.17) is 0 Å². The third kappa shape index (κ3) is 3.49. The quantitative estimate of drug-likeness (QED) is 0.824. The Morgan fingerprint density at radius 1 is 1.32 bits per heavy atom. The lowest BCUT2D eigenvalue weighted by Crippen LogP contribution is -2.49. The fraction of sp³-hybridized carbons (Fsp3) is 0.875. The van der Waals surface area contributed by atoms with Crippen LogP contribution < -0.4 is 5.32 Å². The van der Waals surface area contributed by atoms with Crippen LogP contribution in [0.1, 0.15) is 66.2 Å². The van der Waals surface area contributed by atoms with Crippen LogP contribution in [-0.4, -0.2) is 11.9 Å². The molecule has 1 N–H and O–H groups in total. The number of hydrogen-bond donors (Lipinski definition) is 1. The molecule has 0 spiro atoms. The molecule has 1 fully saturated rings. The highest BCUT2D eigenvalue weighted by Gasteiger charge is 2.38. The van der Waals surface area contributed by atoms with Gasteiger partial charge in [-0.05, 0) is 37.5 Å². The molecule has 1 amide bonds. The van der Waals surface area contributed by atoms with Crippen LogP contribution in [0.2, 0.25) is 0 Å². The van der Waals surface area contributed by atoms with E-state index >= 15 is 0 Å². The van der Waals surface area contributed by atoms with Crippen molar-refractivity contribution in [1.82, 2.24) is 5.32 Å². The summed E-state index contributed by atoms with van der Waals surface area (Å²) in [5.74, 6) is 1.09. The normalized spacial score (nSPS) is 24.0. The minimum atomic E-state index is -0.834. The first-order valence-corrected chi connectivity index (χ1v) is 7.73. The maximum absolute atomic E-state index is 12.5. The summed E-state index contributed by atoms with van der Waals surface area (Å²) < 4.78 is 0. The zero-order valence-electron chi connectivity index (χ0n) is 12.8. The molecule has 0 aromatic carbocycles. The van der Waals surface area contributed by atoms with Crippen molar-refractivity contribution in [3.63, 3.8) is 0 Å². The van der Waals surface area contributed by atoms with Gasteiger partial charge in [-0.15, -0.1) is 0 Å². The summed E-state index contributed by atoms with van der Waals surface area (Å²) in [6, 6.07) is 2.49. The van der Waals surface area contributed by atoms with Gasteiger partial charge in [0.2, 0.25) is 5.91 Å².